The number of carboxylic acid groups (broad SMARTS) is 1. The highest BCUT2D eigenvalue weighted by Gasteiger charge is 2.50. The zero-order valence-corrected chi connectivity index (χ0v) is 19.3. The molecule has 5 rings (SSSR count). The van der Waals surface area contributed by atoms with Gasteiger partial charge >= 0.3 is 12.1 Å². The maximum atomic E-state index is 13.1. The first-order valence-corrected chi connectivity index (χ1v) is 12.0. The highest BCUT2D eigenvalue weighted by molar-refractivity contribution is 5.85. The molecule has 1 saturated carbocycles. The molecular formula is C27H30N2O5. The van der Waals surface area contributed by atoms with Gasteiger partial charge < -0.3 is 20.1 Å². The summed E-state index contributed by atoms with van der Waals surface area (Å²) in [7, 11) is 0. The van der Waals surface area contributed by atoms with Gasteiger partial charge in [0, 0.05) is 31.5 Å². The maximum Gasteiger partial charge on any atom is 0.407 e. The largest absolute Gasteiger partial charge is 0.481 e. The van der Waals surface area contributed by atoms with Crippen LogP contribution in [0, 0.1) is 17.3 Å². The van der Waals surface area contributed by atoms with Crippen LogP contribution in [0.25, 0.3) is 11.1 Å². The summed E-state index contributed by atoms with van der Waals surface area (Å²) in [5, 5.41) is 12.0. The number of hydrogen-bond acceptors (Lipinski definition) is 4. The Kier molecular flexibility index (Phi) is 5.80. The van der Waals surface area contributed by atoms with Gasteiger partial charge in [0.05, 0.1) is 11.3 Å². The average molecular weight is 463 g/mol. The van der Waals surface area contributed by atoms with Crippen molar-refractivity contribution >= 4 is 18.0 Å². The Labute approximate surface area is 199 Å². The second-order valence-electron chi connectivity index (χ2n) is 9.91. The zero-order chi connectivity index (χ0) is 23.9. The Bertz CT molecular complexity index is 1070. The lowest BCUT2D eigenvalue weighted by atomic mass is 9.67. The van der Waals surface area contributed by atoms with Crippen LogP contribution in [0.1, 0.15) is 43.2 Å². The molecule has 2 aliphatic carbocycles. The first-order valence-electron chi connectivity index (χ1n) is 12.0. The van der Waals surface area contributed by atoms with E-state index in [0.717, 1.165) is 30.4 Å². The number of likely N-dealkylation sites (tertiary alicyclic amines) is 1. The lowest BCUT2D eigenvalue weighted by Gasteiger charge is -2.49. The van der Waals surface area contributed by atoms with Crippen LogP contribution in [0.2, 0.25) is 0 Å². The smallest absolute Gasteiger partial charge is 0.407 e. The molecule has 7 nitrogen and oxygen atoms in total. The summed E-state index contributed by atoms with van der Waals surface area (Å²) in [6.07, 6.45) is 1.89. The number of ether oxygens (including phenoxy) is 1. The normalized spacial score (nSPS) is 19.3. The molecule has 3 aliphatic rings. The molecule has 2 N–H and O–H groups in total. The Morgan fingerprint density at radius 1 is 1.06 bits per heavy atom. The molecule has 34 heavy (non-hydrogen) atoms. The van der Waals surface area contributed by atoms with Gasteiger partial charge in [0.25, 0.3) is 0 Å². The maximum absolute atomic E-state index is 13.1. The fraction of sp³-hybridized carbons (Fsp3) is 0.444. The number of rotatable bonds is 7. The number of aliphatic carboxylic acids is 1. The lowest BCUT2D eigenvalue weighted by molar-refractivity contribution is -0.159. The minimum Gasteiger partial charge on any atom is -0.481 e. The summed E-state index contributed by atoms with van der Waals surface area (Å²) in [6.45, 7) is 3.12. The molecule has 0 bridgehead atoms. The van der Waals surface area contributed by atoms with Crippen molar-refractivity contribution in [3.63, 3.8) is 0 Å². The molecule has 1 atom stereocenters. The molecular weight excluding hydrogens is 432 g/mol. The number of carbonyl (C=O) groups excluding carboxylic acids is 2. The first-order chi connectivity index (χ1) is 16.4. The molecule has 0 radical (unpaired) electrons. The quantitative estimate of drug-likeness (QED) is 0.651. The van der Waals surface area contributed by atoms with E-state index in [9.17, 15) is 19.5 Å². The Hall–Kier alpha value is -3.35. The number of hydrogen-bond donors (Lipinski definition) is 2. The van der Waals surface area contributed by atoms with Gasteiger partial charge in [-0.2, -0.15) is 0 Å². The van der Waals surface area contributed by atoms with Gasteiger partial charge in [-0.25, -0.2) is 4.79 Å². The van der Waals surface area contributed by atoms with Gasteiger partial charge in [0.1, 0.15) is 6.61 Å². The van der Waals surface area contributed by atoms with Crippen LogP contribution in [0.3, 0.4) is 0 Å². The number of alkyl carbamates (subject to hydrolysis) is 1. The van der Waals surface area contributed by atoms with Crippen molar-refractivity contribution in [2.45, 2.75) is 32.1 Å². The topological polar surface area (TPSA) is 95.9 Å². The molecule has 1 aliphatic heterocycles. The molecule has 2 fully saturated rings. The van der Waals surface area contributed by atoms with Crippen molar-refractivity contribution in [3.05, 3.63) is 59.7 Å². The summed E-state index contributed by atoms with van der Waals surface area (Å²) in [5.74, 6) is -1.28. The van der Waals surface area contributed by atoms with Gasteiger partial charge in [-0.3, -0.25) is 9.59 Å². The van der Waals surface area contributed by atoms with Crippen LogP contribution in [0.15, 0.2) is 48.5 Å². The van der Waals surface area contributed by atoms with Crippen LogP contribution < -0.4 is 5.32 Å². The minimum atomic E-state index is -0.827. The third kappa shape index (κ3) is 3.83. The Morgan fingerprint density at radius 3 is 2.18 bits per heavy atom. The van der Waals surface area contributed by atoms with Crippen molar-refractivity contribution < 1.29 is 24.2 Å². The predicted octanol–water partition coefficient (Wildman–Crippen LogP) is 3.87. The molecule has 0 spiro atoms. The van der Waals surface area contributed by atoms with E-state index in [1.807, 2.05) is 24.3 Å². The molecule has 1 heterocycles. The highest BCUT2D eigenvalue weighted by Crippen LogP contribution is 2.45. The van der Waals surface area contributed by atoms with Crippen LogP contribution in [0.5, 0.6) is 0 Å². The molecule has 2 aromatic carbocycles. The number of amides is 2. The summed E-state index contributed by atoms with van der Waals surface area (Å²) >= 11 is 0. The highest BCUT2D eigenvalue weighted by atomic mass is 16.5. The van der Waals surface area contributed by atoms with Crippen LogP contribution in [0.4, 0.5) is 4.79 Å². The average Bonchev–Trinajstić information content (AvgIpc) is 3.09. The Balaban J connectivity index is 1.16. The molecule has 1 saturated heterocycles. The van der Waals surface area contributed by atoms with Crippen molar-refractivity contribution in [1.29, 1.82) is 0 Å². The number of fused-ring (bicyclic) bond motifs is 3. The van der Waals surface area contributed by atoms with E-state index in [2.05, 4.69) is 29.6 Å². The predicted molar refractivity (Wildman–Crippen MR) is 126 cm³/mol. The zero-order valence-electron chi connectivity index (χ0n) is 19.3. The Morgan fingerprint density at radius 2 is 1.65 bits per heavy atom. The summed E-state index contributed by atoms with van der Waals surface area (Å²) in [6, 6.07) is 16.4. The van der Waals surface area contributed by atoms with Gasteiger partial charge in [-0.05, 0) is 35.1 Å². The number of carboxylic acids is 1. The summed E-state index contributed by atoms with van der Waals surface area (Å²) < 4.78 is 5.62. The van der Waals surface area contributed by atoms with Gasteiger partial charge in [0.2, 0.25) is 5.91 Å². The van der Waals surface area contributed by atoms with E-state index in [-0.39, 0.29) is 30.9 Å². The molecule has 2 amide bonds. The second kappa shape index (κ2) is 8.78. The number of carbonyl (C=O) groups is 3. The summed E-state index contributed by atoms with van der Waals surface area (Å²) in [5.41, 5.74) is 4.07. The second-order valence-corrected chi connectivity index (χ2v) is 9.91. The van der Waals surface area contributed by atoms with Crippen LogP contribution in [-0.2, 0) is 14.3 Å². The van der Waals surface area contributed by atoms with Crippen LogP contribution in [-0.4, -0.2) is 54.2 Å². The third-order valence-electron chi connectivity index (χ3n) is 7.97. The monoisotopic (exact) mass is 462 g/mol. The van der Waals surface area contributed by atoms with E-state index in [1.54, 1.807) is 11.8 Å². The fourth-order valence-electron chi connectivity index (χ4n) is 5.49. The standard InChI is InChI=1S/C27H30N2O5/c1-17(24(30)31)18-13-29(14-18)25(32)27(11-6-12-27)16-28-26(33)34-15-23-21-9-4-2-7-19(21)20-8-3-5-10-22(20)23/h2-5,7-10,17-18,23H,6,11-16H2,1H3,(H,28,33)(H,30,31). The third-order valence-corrected chi connectivity index (χ3v) is 7.97. The SMILES string of the molecule is CC(C(=O)O)C1CN(C(=O)C2(CNC(=O)OCC3c4ccccc4-c4ccccc43)CCC2)C1. The van der Waals surface area contributed by atoms with E-state index in [0.29, 0.717) is 13.1 Å². The molecule has 1 unspecified atom stereocenters. The molecule has 2 aromatic rings. The lowest BCUT2D eigenvalue weighted by Crippen LogP contribution is -2.61. The van der Waals surface area contributed by atoms with E-state index >= 15 is 0 Å². The number of benzene rings is 2. The van der Waals surface area contributed by atoms with Gasteiger partial charge in [-0.15, -0.1) is 0 Å². The number of nitrogens with zero attached hydrogens (tertiary/aromatic N) is 1. The van der Waals surface area contributed by atoms with Crippen molar-refractivity contribution in [1.82, 2.24) is 10.2 Å². The van der Waals surface area contributed by atoms with Gasteiger partial charge in [0.15, 0.2) is 0 Å². The van der Waals surface area contributed by atoms with Crippen LogP contribution >= 0.6 is 0 Å². The molecule has 7 heteroatoms. The van der Waals surface area contributed by atoms with Gasteiger partial charge in [-0.1, -0.05) is 61.9 Å². The fourth-order valence-corrected chi connectivity index (χ4v) is 5.49. The molecule has 0 aromatic heterocycles. The van der Waals surface area contributed by atoms with Crippen molar-refractivity contribution in [3.8, 4) is 11.1 Å². The van der Waals surface area contributed by atoms with E-state index < -0.39 is 23.4 Å². The van der Waals surface area contributed by atoms with E-state index in [4.69, 9.17) is 4.74 Å². The van der Waals surface area contributed by atoms with Crippen molar-refractivity contribution in [2.75, 3.05) is 26.2 Å². The first kappa shape index (κ1) is 22.4. The summed E-state index contributed by atoms with van der Waals surface area (Å²) in [4.78, 5) is 38.6. The minimum absolute atomic E-state index is 0.00586. The van der Waals surface area contributed by atoms with E-state index in [1.165, 1.54) is 11.1 Å². The molecule has 178 valence electrons. The number of nitrogens with one attached hydrogen (secondary N) is 1. The van der Waals surface area contributed by atoms with Crippen molar-refractivity contribution in [2.24, 2.45) is 17.3 Å².